The normalized spacial score (nSPS) is 11.2. The van der Waals surface area contributed by atoms with Gasteiger partial charge in [0.05, 0.1) is 17.6 Å². The molecule has 4 rings (SSSR count). The number of H-pyrrole nitrogens is 1. The number of halogens is 1. The van der Waals surface area contributed by atoms with E-state index < -0.39 is 11.2 Å². The van der Waals surface area contributed by atoms with Gasteiger partial charge in [-0.3, -0.25) is 9.36 Å². The van der Waals surface area contributed by atoms with Gasteiger partial charge in [-0.1, -0.05) is 41.9 Å². The maximum absolute atomic E-state index is 12.7. The second-order valence-corrected chi connectivity index (χ2v) is 5.83. The highest BCUT2D eigenvalue weighted by molar-refractivity contribution is 6.31. The zero-order valence-electron chi connectivity index (χ0n) is 12.4. The van der Waals surface area contributed by atoms with Crippen molar-refractivity contribution in [3.8, 4) is 0 Å². The Hall–Kier alpha value is -2.99. The lowest BCUT2D eigenvalue weighted by molar-refractivity contribution is 0.708. The van der Waals surface area contributed by atoms with Gasteiger partial charge in [-0.15, -0.1) is 10.2 Å². The number of nitrogens with zero attached hydrogens (tertiary/aromatic N) is 3. The molecular formula is C17H11ClN4O2. The molecule has 0 saturated heterocycles. The number of rotatable bonds is 2. The lowest BCUT2D eigenvalue weighted by atomic mass is 10.2. The summed E-state index contributed by atoms with van der Waals surface area (Å²) in [6, 6.07) is 14.3. The lowest BCUT2D eigenvalue weighted by Gasteiger charge is -2.07. The largest absolute Gasteiger partial charge is 0.329 e. The highest BCUT2D eigenvalue weighted by Crippen LogP contribution is 2.20. The minimum atomic E-state index is -0.486. The Morgan fingerprint density at radius 2 is 1.83 bits per heavy atom. The number of benzene rings is 2. The van der Waals surface area contributed by atoms with E-state index >= 15 is 0 Å². The molecule has 1 N–H and O–H groups in total. The first kappa shape index (κ1) is 14.6. The maximum Gasteiger partial charge on any atom is 0.329 e. The molecule has 2 aromatic carbocycles. The summed E-state index contributed by atoms with van der Waals surface area (Å²) in [5, 5.41) is 9.16. The minimum Gasteiger partial charge on any atom is -0.305 e. The smallest absolute Gasteiger partial charge is 0.305 e. The third-order valence-electron chi connectivity index (χ3n) is 3.83. The first-order chi connectivity index (χ1) is 11.6. The van der Waals surface area contributed by atoms with Gasteiger partial charge in [0, 0.05) is 10.4 Å². The van der Waals surface area contributed by atoms with E-state index in [2.05, 4.69) is 15.2 Å². The fourth-order valence-corrected chi connectivity index (χ4v) is 2.83. The van der Waals surface area contributed by atoms with Gasteiger partial charge in [0.1, 0.15) is 0 Å². The first-order valence-electron chi connectivity index (χ1n) is 7.26. The molecule has 0 radical (unpaired) electrons. The molecule has 118 valence electrons. The SMILES string of the molecule is O=c1[nH]c2c(nnc3cc(Cl)ccc32)c(=O)n1Cc1ccccc1. The molecule has 0 atom stereocenters. The Balaban J connectivity index is 1.98. The van der Waals surface area contributed by atoms with Crippen LogP contribution in [-0.4, -0.2) is 19.7 Å². The predicted molar refractivity (Wildman–Crippen MR) is 92.5 cm³/mol. The molecule has 2 heterocycles. The molecule has 0 fully saturated rings. The third kappa shape index (κ3) is 2.37. The Morgan fingerprint density at radius 3 is 2.62 bits per heavy atom. The molecule has 0 amide bonds. The Bertz CT molecular complexity index is 1180. The van der Waals surface area contributed by atoms with Crippen LogP contribution in [0.2, 0.25) is 5.02 Å². The summed E-state index contributed by atoms with van der Waals surface area (Å²) >= 11 is 5.94. The standard InChI is InChI=1S/C17H11ClN4O2/c18-11-6-7-12-13(8-11)20-21-15-14(12)19-17(24)22(16(15)23)9-10-4-2-1-3-5-10/h1-8H,9H2,(H,19,24). The van der Waals surface area contributed by atoms with Crippen LogP contribution in [0.1, 0.15) is 5.56 Å². The highest BCUT2D eigenvalue weighted by Gasteiger charge is 2.13. The molecule has 24 heavy (non-hydrogen) atoms. The van der Waals surface area contributed by atoms with Crippen molar-refractivity contribution in [3.05, 3.63) is 80.0 Å². The van der Waals surface area contributed by atoms with Crippen molar-refractivity contribution >= 4 is 33.5 Å². The van der Waals surface area contributed by atoms with E-state index in [1.165, 1.54) is 0 Å². The number of nitrogens with one attached hydrogen (secondary N) is 1. The molecule has 7 heteroatoms. The van der Waals surface area contributed by atoms with Gasteiger partial charge in [-0.05, 0) is 23.8 Å². The average Bonchev–Trinajstić information content (AvgIpc) is 2.59. The van der Waals surface area contributed by atoms with E-state index in [9.17, 15) is 9.59 Å². The van der Waals surface area contributed by atoms with Crippen LogP contribution in [0.3, 0.4) is 0 Å². The molecule has 6 nitrogen and oxygen atoms in total. The van der Waals surface area contributed by atoms with E-state index in [0.29, 0.717) is 21.4 Å². The molecule has 0 aliphatic carbocycles. The van der Waals surface area contributed by atoms with Crippen LogP contribution in [0.25, 0.3) is 21.9 Å². The van der Waals surface area contributed by atoms with Gasteiger partial charge in [-0.25, -0.2) is 4.79 Å². The minimum absolute atomic E-state index is 0.125. The first-order valence-corrected chi connectivity index (χ1v) is 7.64. The zero-order valence-corrected chi connectivity index (χ0v) is 13.1. The van der Waals surface area contributed by atoms with E-state index in [4.69, 9.17) is 11.6 Å². The van der Waals surface area contributed by atoms with Gasteiger partial charge >= 0.3 is 5.69 Å². The van der Waals surface area contributed by atoms with Gasteiger partial charge < -0.3 is 4.98 Å². The molecule has 0 spiro atoms. The highest BCUT2D eigenvalue weighted by atomic mass is 35.5. The van der Waals surface area contributed by atoms with Gasteiger partial charge in [0.2, 0.25) is 0 Å². The second kappa shape index (κ2) is 5.58. The van der Waals surface area contributed by atoms with Crippen molar-refractivity contribution in [3.63, 3.8) is 0 Å². The van der Waals surface area contributed by atoms with Crippen LogP contribution in [0.15, 0.2) is 58.1 Å². The molecule has 0 aliphatic rings. The summed E-state index contributed by atoms with van der Waals surface area (Å²) in [5.41, 5.74) is 0.912. The second-order valence-electron chi connectivity index (χ2n) is 5.39. The zero-order chi connectivity index (χ0) is 16.7. The van der Waals surface area contributed by atoms with Crippen LogP contribution in [0.5, 0.6) is 0 Å². The fourth-order valence-electron chi connectivity index (χ4n) is 2.66. The number of hydrogen-bond donors (Lipinski definition) is 1. The van der Waals surface area contributed by atoms with Crippen molar-refractivity contribution in [1.82, 2.24) is 19.7 Å². The number of aromatic amines is 1. The van der Waals surface area contributed by atoms with Crippen LogP contribution < -0.4 is 11.2 Å². The third-order valence-corrected chi connectivity index (χ3v) is 4.07. The van der Waals surface area contributed by atoms with Crippen molar-refractivity contribution in [2.45, 2.75) is 6.54 Å². The molecule has 4 aromatic rings. The summed E-state index contributed by atoms with van der Waals surface area (Å²) < 4.78 is 1.12. The van der Waals surface area contributed by atoms with E-state index in [0.717, 1.165) is 10.1 Å². The van der Waals surface area contributed by atoms with E-state index in [1.807, 2.05) is 30.3 Å². The number of hydrogen-bond acceptors (Lipinski definition) is 4. The summed E-state index contributed by atoms with van der Waals surface area (Å²) in [6.07, 6.45) is 0. The summed E-state index contributed by atoms with van der Waals surface area (Å²) in [6.45, 7) is 0.172. The molecule has 0 saturated carbocycles. The van der Waals surface area contributed by atoms with E-state index in [1.54, 1.807) is 18.2 Å². The summed E-state index contributed by atoms with van der Waals surface area (Å²) in [4.78, 5) is 27.8. The van der Waals surface area contributed by atoms with Gasteiger partial charge in [0.25, 0.3) is 5.56 Å². The van der Waals surface area contributed by atoms with Crippen molar-refractivity contribution in [2.24, 2.45) is 0 Å². The quantitative estimate of drug-likeness (QED) is 0.569. The maximum atomic E-state index is 12.7. The van der Waals surface area contributed by atoms with Crippen LogP contribution in [0.4, 0.5) is 0 Å². The molecule has 0 bridgehead atoms. The molecule has 2 aromatic heterocycles. The molecular weight excluding hydrogens is 328 g/mol. The van der Waals surface area contributed by atoms with Crippen molar-refractivity contribution in [2.75, 3.05) is 0 Å². The van der Waals surface area contributed by atoms with Crippen LogP contribution in [0, 0.1) is 0 Å². The number of fused-ring (bicyclic) bond motifs is 3. The Labute approximate surface area is 140 Å². The van der Waals surface area contributed by atoms with Crippen molar-refractivity contribution in [1.29, 1.82) is 0 Å². The Morgan fingerprint density at radius 1 is 1.04 bits per heavy atom. The molecule has 0 aliphatic heterocycles. The van der Waals surface area contributed by atoms with Gasteiger partial charge in [-0.2, -0.15) is 0 Å². The van der Waals surface area contributed by atoms with Crippen molar-refractivity contribution < 1.29 is 0 Å². The Kier molecular flexibility index (Phi) is 3.39. The summed E-state index contributed by atoms with van der Waals surface area (Å²) in [5.74, 6) is 0. The molecule has 0 unspecified atom stereocenters. The topological polar surface area (TPSA) is 80.6 Å². The average molecular weight is 339 g/mol. The monoisotopic (exact) mass is 338 g/mol. The van der Waals surface area contributed by atoms with Gasteiger partial charge in [0.15, 0.2) is 5.52 Å². The fraction of sp³-hybridized carbons (Fsp3) is 0.0588. The number of aromatic nitrogens is 4. The van der Waals surface area contributed by atoms with Crippen LogP contribution in [-0.2, 0) is 6.54 Å². The summed E-state index contributed by atoms with van der Waals surface area (Å²) in [7, 11) is 0. The van der Waals surface area contributed by atoms with E-state index in [-0.39, 0.29) is 12.1 Å². The van der Waals surface area contributed by atoms with Crippen LogP contribution >= 0.6 is 11.6 Å². The predicted octanol–water partition coefficient (Wildman–Crippen LogP) is 2.33. The lowest BCUT2D eigenvalue weighted by Crippen LogP contribution is -2.36.